The number of Topliss-reactive ketones (excluding diaryl/α,β-unsaturated/α-hetero) is 1. The van der Waals surface area contributed by atoms with Crippen molar-refractivity contribution in [3.05, 3.63) is 0 Å². The van der Waals surface area contributed by atoms with Crippen LogP contribution in [-0.4, -0.2) is 30.8 Å². The zero-order valence-electron chi connectivity index (χ0n) is 12.8. The van der Waals surface area contributed by atoms with Gasteiger partial charge < -0.3 is 15.4 Å². The predicted octanol–water partition coefficient (Wildman–Crippen LogP) is 2.03. The summed E-state index contributed by atoms with van der Waals surface area (Å²) in [6.45, 7) is 1.66. The van der Waals surface area contributed by atoms with Gasteiger partial charge in [-0.25, -0.2) is 0 Å². The lowest BCUT2D eigenvalue weighted by atomic mass is 9.85. The maximum absolute atomic E-state index is 12.3. The van der Waals surface area contributed by atoms with Gasteiger partial charge in [-0.2, -0.15) is 0 Å². The van der Waals surface area contributed by atoms with E-state index in [1.54, 1.807) is 6.92 Å². The average Bonchev–Trinajstić information content (AvgIpc) is 2.85. The summed E-state index contributed by atoms with van der Waals surface area (Å²) in [5.74, 6) is 1.20. The molecule has 4 nitrogen and oxygen atoms in total. The number of hydrogen-bond acceptors (Lipinski definition) is 3. The van der Waals surface area contributed by atoms with Crippen LogP contribution in [0.15, 0.2) is 0 Å². The summed E-state index contributed by atoms with van der Waals surface area (Å²) in [6.07, 6.45) is 7.99. The SMILES string of the molecule is CNC1CCC(C(=O)NC2CCC(CC(C)=O)C2)CC1. The van der Waals surface area contributed by atoms with Crippen molar-refractivity contribution in [3.63, 3.8) is 0 Å². The molecule has 2 N–H and O–H groups in total. The third-order valence-corrected chi connectivity index (χ3v) is 4.97. The lowest BCUT2D eigenvalue weighted by Gasteiger charge is -2.28. The molecule has 0 bridgehead atoms. The van der Waals surface area contributed by atoms with Crippen molar-refractivity contribution in [1.29, 1.82) is 0 Å². The summed E-state index contributed by atoms with van der Waals surface area (Å²) in [5.41, 5.74) is 0. The Morgan fingerprint density at radius 2 is 1.65 bits per heavy atom. The Morgan fingerprint density at radius 3 is 2.25 bits per heavy atom. The topological polar surface area (TPSA) is 58.2 Å². The highest BCUT2D eigenvalue weighted by atomic mass is 16.2. The first-order valence-corrected chi connectivity index (χ1v) is 8.05. The molecule has 2 saturated carbocycles. The van der Waals surface area contributed by atoms with E-state index in [0.29, 0.717) is 24.4 Å². The van der Waals surface area contributed by atoms with E-state index in [1.165, 1.54) is 0 Å². The van der Waals surface area contributed by atoms with E-state index in [9.17, 15) is 9.59 Å². The van der Waals surface area contributed by atoms with Crippen molar-refractivity contribution in [3.8, 4) is 0 Å². The molecule has 0 saturated heterocycles. The quantitative estimate of drug-likeness (QED) is 0.810. The van der Waals surface area contributed by atoms with Gasteiger partial charge in [0, 0.05) is 24.4 Å². The third-order valence-electron chi connectivity index (χ3n) is 4.97. The summed E-state index contributed by atoms with van der Waals surface area (Å²) in [4.78, 5) is 23.4. The van der Waals surface area contributed by atoms with Crippen LogP contribution in [0.5, 0.6) is 0 Å². The van der Waals surface area contributed by atoms with Crippen LogP contribution in [0, 0.1) is 11.8 Å². The maximum atomic E-state index is 12.3. The number of carbonyl (C=O) groups excluding carboxylic acids is 2. The van der Waals surface area contributed by atoms with Gasteiger partial charge in [0.15, 0.2) is 0 Å². The number of carbonyl (C=O) groups is 2. The molecule has 2 aliphatic rings. The molecule has 0 aliphatic heterocycles. The van der Waals surface area contributed by atoms with Crippen LogP contribution in [0.25, 0.3) is 0 Å². The largest absolute Gasteiger partial charge is 0.353 e. The van der Waals surface area contributed by atoms with Crippen molar-refractivity contribution in [2.45, 2.75) is 70.4 Å². The van der Waals surface area contributed by atoms with Gasteiger partial charge in [-0.3, -0.25) is 4.79 Å². The lowest BCUT2D eigenvalue weighted by molar-refractivity contribution is -0.126. The van der Waals surface area contributed by atoms with Crippen LogP contribution in [0.2, 0.25) is 0 Å². The molecule has 1 amide bonds. The number of hydrogen-bond donors (Lipinski definition) is 2. The van der Waals surface area contributed by atoms with Crippen LogP contribution < -0.4 is 10.6 Å². The molecule has 0 aromatic carbocycles. The Hall–Kier alpha value is -0.900. The second kappa shape index (κ2) is 7.21. The highest BCUT2D eigenvalue weighted by Gasteiger charge is 2.30. The second-order valence-corrected chi connectivity index (χ2v) is 6.63. The molecule has 2 unspecified atom stereocenters. The highest BCUT2D eigenvalue weighted by molar-refractivity contribution is 5.79. The Balaban J connectivity index is 1.71. The van der Waals surface area contributed by atoms with Crippen LogP contribution in [0.3, 0.4) is 0 Å². The van der Waals surface area contributed by atoms with E-state index in [1.807, 2.05) is 7.05 Å². The molecule has 2 aliphatic carbocycles. The third kappa shape index (κ3) is 4.30. The van der Waals surface area contributed by atoms with Gasteiger partial charge >= 0.3 is 0 Å². The monoisotopic (exact) mass is 280 g/mol. The van der Waals surface area contributed by atoms with Crippen LogP contribution >= 0.6 is 0 Å². The van der Waals surface area contributed by atoms with Gasteiger partial charge in [-0.05, 0) is 64.8 Å². The smallest absolute Gasteiger partial charge is 0.223 e. The molecule has 0 heterocycles. The molecule has 0 radical (unpaired) electrons. The Labute approximate surface area is 122 Å². The van der Waals surface area contributed by atoms with Gasteiger partial charge in [0.05, 0.1) is 0 Å². The van der Waals surface area contributed by atoms with Gasteiger partial charge in [0.2, 0.25) is 5.91 Å². The van der Waals surface area contributed by atoms with Crippen LogP contribution in [0.1, 0.15) is 58.3 Å². The molecule has 20 heavy (non-hydrogen) atoms. The minimum atomic E-state index is 0.200. The summed E-state index contributed by atoms with van der Waals surface area (Å²) in [5, 5.41) is 6.51. The number of rotatable bonds is 5. The number of amides is 1. The maximum Gasteiger partial charge on any atom is 0.223 e. The van der Waals surface area contributed by atoms with Crippen molar-refractivity contribution in [1.82, 2.24) is 10.6 Å². The first-order valence-electron chi connectivity index (χ1n) is 8.05. The fourth-order valence-corrected chi connectivity index (χ4v) is 3.76. The minimum Gasteiger partial charge on any atom is -0.353 e. The zero-order valence-corrected chi connectivity index (χ0v) is 12.8. The molecule has 114 valence electrons. The molecule has 0 spiro atoms. The van der Waals surface area contributed by atoms with Crippen molar-refractivity contribution < 1.29 is 9.59 Å². The molecule has 2 fully saturated rings. The summed E-state index contributed by atoms with van der Waals surface area (Å²) in [6, 6.07) is 0.888. The van der Waals surface area contributed by atoms with E-state index >= 15 is 0 Å². The molecule has 0 aromatic heterocycles. The van der Waals surface area contributed by atoms with Crippen LogP contribution in [0.4, 0.5) is 0 Å². The second-order valence-electron chi connectivity index (χ2n) is 6.63. The molecule has 0 aromatic rings. The molecule has 2 atom stereocenters. The standard InChI is InChI=1S/C16H28N2O2/c1-11(19)9-12-3-6-15(10-12)18-16(20)13-4-7-14(17-2)8-5-13/h12-15,17H,3-10H2,1-2H3,(H,18,20). The molecule has 4 heteroatoms. The van der Waals surface area contributed by atoms with Gasteiger partial charge in [0.1, 0.15) is 5.78 Å². The number of nitrogens with one attached hydrogen (secondary N) is 2. The van der Waals surface area contributed by atoms with E-state index < -0.39 is 0 Å². The fourth-order valence-electron chi connectivity index (χ4n) is 3.76. The Morgan fingerprint density at radius 1 is 1.00 bits per heavy atom. The normalized spacial score (nSPS) is 33.9. The van der Waals surface area contributed by atoms with E-state index in [2.05, 4.69) is 10.6 Å². The fraction of sp³-hybridized carbons (Fsp3) is 0.875. The van der Waals surface area contributed by atoms with Crippen molar-refractivity contribution in [2.75, 3.05) is 7.05 Å². The van der Waals surface area contributed by atoms with Crippen LogP contribution in [-0.2, 0) is 9.59 Å². The lowest BCUT2D eigenvalue weighted by Crippen LogP contribution is -2.41. The predicted molar refractivity (Wildman–Crippen MR) is 79.4 cm³/mol. The van der Waals surface area contributed by atoms with E-state index in [-0.39, 0.29) is 17.6 Å². The molecule has 2 rings (SSSR count). The Kier molecular flexibility index (Phi) is 5.58. The summed E-state index contributed by atoms with van der Waals surface area (Å²) in [7, 11) is 2.00. The average molecular weight is 280 g/mol. The van der Waals surface area contributed by atoms with Crippen molar-refractivity contribution in [2.24, 2.45) is 11.8 Å². The van der Waals surface area contributed by atoms with Gasteiger partial charge in [-0.15, -0.1) is 0 Å². The van der Waals surface area contributed by atoms with E-state index in [0.717, 1.165) is 44.9 Å². The van der Waals surface area contributed by atoms with Gasteiger partial charge in [-0.1, -0.05) is 0 Å². The number of ketones is 1. The molecular formula is C16H28N2O2. The Bertz CT molecular complexity index is 348. The minimum absolute atomic E-state index is 0.200. The van der Waals surface area contributed by atoms with Gasteiger partial charge in [0.25, 0.3) is 0 Å². The van der Waals surface area contributed by atoms with Crippen molar-refractivity contribution >= 4 is 11.7 Å². The first kappa shape index (κ1) is 15.5. The summed E-state index contributed by atoms with van der Waals surface area (Å²) < 4.78 is 0. The molecular weight excluding hydrogens is 252 g/mol. The highest BCUT2D eigenvalue weighted by Crippen LogP contribution is 2.30. The van der Waals surface area contributed by atoms with E-state index in [4.69, 9.17) is 0 Å². The summed E-state index contributed by atoms with van der Waals surface area (Å²) >= 11 is 0. The first-order chi connectivity index (χ1) is 9.58. The zero-order chi connectivity index (χ0) is 14.5.